The number of nitrogens with two attached hydrogens (primary N) is 2. The molecule has 2 unspecified atom stereocenters. The highest BCUT2D eigenvalue weighted by Crippen LogP contribution is 2.23. The summed E-state index contributed by atoms with van der Waals surface area (Å²) in [5.74, 6) is 0.110. The number of hydrogen-bond acceptors (Lipinski definition) is 4. The van der Waals surface area contributed by atoms with Gasteiger partial charge in [0.05, 0.1) is 11.7 Å². The molecule has 5 N–H and O–H groups in total. The normalized spacial score (nSPS) is 28.2. The fraction of sp³-hybridized carbons (Fsp3) is 0.286. The molecule has 100 valence electrons. The van der Waals surface area contributed by atoms with E-state index in [9.17, 15) is 4.79 Å². The Morgan fingerprint density at radius 1 is 1.32 bits per heavy atom. The van der Waals surface area contributed by atoms with Gasteiger partial charge < -0.3 is 16.8 Å². The Morgan fingerprint density at radius 2 is 1.95 bits per heavy atom. The average molecular weight is 258 g/mol. The minimum Gasteiger partial charge on any atom is -0.402 e. The number of benzene rings is 1. The van der Waals surface area contributed by atoms with Crippen molar-refractivity contribution in [2.75, 3.05) is 0 Å². The standard InChI is InChI=1S/C14H18N4O/c1-8-11(9(2)15)13(18-14(19)12(8)16)17-10-6-4-3-5-7-10/h3-8,12H,15-16H2,1-2H3,(H,17,18,19)/b11-9-. The smallest absolute Gasteiger partial charge is 0.243 e. The van der Waals surface area contributed by atoms with Crippen molar-refractivity contribution in [3.63, 3.8) is 0 Å². The predicted molar refractivity (Wildman–Crippen MR) is 75.7 cm³/mol. The molecule has 5 heteroatoms. The van der Waals surface area contributed by atoms with E-state index in [0.717, 1.165) is 11.3 Å². The minimum atomic E-state index is -0.594. The highest BCUT2D eigenvalue weighted by atomic mass is 16.2. The summed E-state index contributed by atoms with van der Waals surface area (Å²) in [7, 11) is 0. The minimum absolute atomic E-state index is 0.152. The van der Waals surface area contributed by atoms with Gasteiger partial charge in [0.2, 0.25) is 5.91 Å². The summed E-state index contributed by atoms with van der Waals surface area (Å²) in [5.41, 5.74) is 13.9. The number of carbonyl (C=O) groups excluding carboxylic acids is 1. The van der Waals surface area contributed by atoms with Gasteiger partial charge in [-0.2, -0.15) is 0 Å². The molecule has 1 fully saturated rings. The van der Waals surface area contributed by atoms with Crippen molar-refractivity contribution in [1.82, 2.24) is 5.32 Å². The first kappa shape index (κ1) is 13.3. The molecule has 1 aliphatic heterocycles. The first-order chi connectivity index (χ1) is 9.00. The number of allylic oxidation sites excluding steroid dienone is 1. The zero-order valence-corrected chi connectivity index (χ0v) is 11.1. The lowest BCUT2D eigenvalue weighted by atomic mass is 9.87. The Balaban J connectivity index is 2.46. The van der Waals surface area contributed by atoms with Gasteiger partial charge in [-0.3, -0.25) is 4.79 Å². The van der Waals surface area contributed by atoms with Crippen LogP contribution >= 0.6 is 0 Å². The molecule has 0 aromatic heterocycles. The summed E-state index contributed by atoms with van der Waals surface area (Å²) in [4.78, 5) is 16.2. The summed E-state index contributed by atoms with van der Waals surface area (Å²) in [6.45, 7) is 3.67. The van der Waals surface area contributed by atoms with Crippen LogP contribution in [-0.4, -0.2) is 17.8 Å². The van der Waals surface area contributed by atoms with Crippen molar-refractivity contribution in [2.45, 2.75) is 19.9 Å². The number of carbonyl (C=O) groups is 1. The second-order valence-corrected chi connectivity index (χ2v) is 4.70. The van der Waals surface area contributed by atoms with E-state index < -0.39 is 6.04 Å². The highest BCUT2D eigenvalue weighted by molar-refractivity contribution is 6.13. The molecule has 2 rings (SSSR count). The third-order valence-electron chi connectivity index (χ3n) is 3.22. The molecule has 0 aliphatic carbocycles. The Labute approximate surface area is 112 Å². The molecular weight excluding hydrogens is 240 g/mol. The number of hydrogen-bond donors (Lipinski definition) is 3. The van der Waals surface area contributed by atoms with Crippen LogP contribution in [0.5, 0.6) is 0 Å². The lowest BCUT2D eigenvalue weighted by Crippen LogP contribution is -2.54. The van der Waals surface area contributed by atoms with Crippen molar-refractivity contribution in [2.24, 2.45) is 22.4 Å². The van der Waals surface area contributed by atoms with Gasteiger partial charge in [-0.15, -0.1) is 0 Å². The number of rotatable bonds is 1. The second-order valence-electron chi connectivity index (χ2n) is 4.70. The van der Waals surface area contributed by atoms with E-state index in [0.29, 0.717) is 11.5 Å². The SMILES string of the molecule is C/C(N)=C1/C(=Nc2ccccc2)NC(=O)C(N)C1C. The number of aliphatic imine (C=N–C) groups is 1. The molecule has 5 nitrogen and oxygen atoms in total. The Kier molecular flexibility index (Phi) is 3.66. The number of para-hydroxylation sites is 1. The van der Waals surface area contributed by atoms with Gasteiger partial charge in [0, 0.05) is 17.2 Å². The molecule has 1 heterocycles. The zero-order chi connectivity index (χ0) is 14.0. The van der Waals surface area contributed by atoms with E-state index in [1.165, 1.54) is 0 Å². The molecule has 0 saturated carbocycles. The van der Waals surface area contributed by atoms with Crippen LogP contribution < -0.4 is 16.8 Å². The number of nitrogens with zero attached hydrogens (tertiary/aromatic N) is 1. The third kappa shape index (κ3) is 2.66. The molecule has 1 aromatic rings. The molecule has 1 aromatic carbocycles. The molecule has 1 saturated heterocycles. The number of piperidine rings is 1. The lowest BCUT2D eigenvalue weighted by Gasteiger charge is -2.30. The maximum absolute atomic E-state index is 11.8. The molecule has 0 bridgehead atoms. The van der Waals surface area contributed by atoms with Crippen LogP contribution in [0.25, 0.3) is 0 Å². The highest BCUT2D eigenvalue weighted by Gasteiger charge is 2.34. The fourth-order valence-electron chi connectivity index (χ4n) is 2.16. The van der Waals surface area contributed by atoms with Gasteiger partial charge in [0.25, 0.3) is 0 Å². The molecular formula is C14H18N4O. The van der Waals surface area contributed by atoms with Crippen LogP contribution in [0, 0.1) is 5.92 Å². The summed E-state index contributed by atoms with van der Waals surface area (Å²) in [6, 6.07) is 8.81. The molecule has 2 atom stereocenters. The number of amides is 1. The molecule has 0 spiro atoms. The summed E-state index contributed by atoms with van der Waals surface area (Å²) < 4.78 is 0. The van der Waals surface area contributed by atoms with Crippen LogP contribution in [0.4, 0.5) is 5.69 Å². The van der Waals surface area contributed by atoms with Gasteiger partial charge >= 0.3 is 0 Å². The maximum Gasteiger partial charge on any atom is 0.243 e. The Morgan fingerprint density at radius 3 is 2.53 bits per heavy atom. The first-order valence-corrected chi connectivity index (χ1v) is 6.17. The van der Waals surface area contributed by atoms with E-state index in [1.54, 1.807) is 6.92 Å². The fourth-order valence-corrected chi connectivity index (χ4v) is 2.16. The molecule has 1 amide bonds. The van der Waals surface area contributed by atoms with Crippen molar-refractivity contribution in [3.05, 3.63) is 41.6 Å². The van der Waals surface area contributed by atoms with Gasteiger partial charge in [-0.05, 0) is 19.1 Å². The van der Waals surface area contributed by atoms with Crippen LogP contribution in [0.2, 0.25) is 0 Å². The average Bonchev–Trinajstić information content (AvgIpc) is 2.37. The van der Waals surface area contributed by atoms with Crippen LogP contribution in [0.15, 0.2) is 46.6 Å². The Bertz CT molecular complexity index is 544. The van der Waals surface area contributed by atoms with Crippen molar-refractivity contribution < 1.29 is 4.79 Å². The van der Waals surface area contributed by atoms with Crippen molar-refractivity contribution >= 4 is 17.4 Å². The van der Waals surface area contributed by atoms with E-state index in [2.05, 4.69) is 10.3 Å². The largest absolute Gasteiger partial charge is 0.402 e. The quantitative estimate of drug-likeness (QED) is 0.702. The van der Waals surface area contributed by atoms with Crippen molar-refractivity contribution in [3.8, 4) is 0 Å². The summed E-state index contributed by atoms with van der Waals surface area (Å²) in [5, 5.41) is 2.72. The topological polar surface area (TPSA) is 93.5 Å². The van der Waals surface area contributed by atoms with E-state index >= 15 is 0 Å². The number of amidine groups is 1. The van der Waals surface area contributed by atoms with Crippen LogP contribution in [-0.2, 0) is 4.79 Å². The predicted octanol–water partition coefficient (Wildman–Crippen LogP) is 1.04. The van der Waals surface area contributed by atoms with E-state index in [-0.39, 0.29) is 11.8 Å². The van der Waals surface area contributed by atoms with E-state index in [4.69, 9.17) is 11.5 Å². The summed E-state index contributed by atoms with van der Waals surface area (Å²) in [6.07, 6.45) is 0. The van der Waals surface area contributed by atoms with Gasteiger partial charge in [-0.25, -0.2) is 4.99 Å². The maximum atomic E-state index is 11.8. The second kappa shape index (κ2) is 5.24. The monoisotopic (exact) mass is 258 g/mol. The van der Waals surface area contributed by atoms with Crippen LogP contribution in [0.3, 0.4) is 0 Å². The Hall–Kier alpha value is -2.14. The molecule has 19 heavy (non-hydrogen) atoms. The van der Waals surface area contributed by atoms with Crippen molar-refractivity contribution in [1.29, 1.82) is 0 Å². The van der Waals surface area contributed by atoms with Gasteiger partial charge in [0.15, 0.2) is 0 Å². The third-order valence-corrected chi connectivity index (χ3v) is 3.22. The zero-order valence-electron chi connectivity index (χ0n) is 11.1. The lowest BCUT2D eigenvalue weighted by molar-refractivity contribution is -0.122. The van der Waals surface area contributed by atoms with Crippen LogP contribution in [0.1, 0.15) is 13.8 Å². The number of nitrogens with one attached hydrogen (secondary N) is 1. The van der Waals surface area contributed by atoms with E-state index in [1.807, 2.05) is 37.3 Å². The van der Waals surface area contributed by atoms with Gasteiger partial charge in [0.1, 0.15) is 5.84 Å². The summed E-state index contributed by atoms with van der Waals surface area (Å²) >= 11 is 0. The molecule has 0 radical (unpaired) electrons. The van der Waals surface area contributed by atoms with Gasteiger partial charge in [-0.1, -0.05) is 25.1 Å². The molecule has 1 aliphatic rings. The first-order valence-electron chi connectivity index (χ1n) is 6.17.